The highest BCUT2D eigenvalue weighted by Gasteiger charge is 2.06. The molecule has 0 spiro atoms. The van der Waals surface area contributed by atoms with Crippen molar-refractivity contribution >= 4 is 10.9 Å². The van der Waals surface area contributed by atoms with E-state index in [9.17, 15) is 0 Å². The number of aromatic nitrogens is 1. The zero-order chi connectivity index (χ0) is 9.97. The Morgan fingerprint density at radius 3 is 2.93 bits per heavy atom. The summed E-state index contributed by atoms with van der Waals surface area (Å²) < 4.78 is 5.18. The topological polar surface area (TPSA) is 45.9 Å². The van der Waals surface area contributed by atoms with E-state index in [4.69, 9.17) is 10.00 Å². The number of nitrogens with zero attached hydrogens (tertiary/aromatic N) is 2. The Kier molecular flexibility index (Phi) is 2.04. The van der Waals surface area contributed by atoms with Crippen molar-refractivity contribution in [3.63, 3.8) is 0 Å². The molecule has 0 aliphatic heterocycles. The van der Waals surface area contributed by atoms with Gasteiger partial charge in [-0.2, -0.15) is 5.26 Å². The average molecular weight is 184 g/mol. The van der Waals surface area contributed by atoms with Crippen LogP contribution in [0.15, 0.2) is 30.5 Å². The number of ether oxygens (including phenoxy) is 1. The third-order valence-corrected chi connectivity index (χ3v) is 2.07. The lowest BCUT2D eigenvalue weighted by molar-refractivity contribution is 0.419. The van der Waals surface area contributed by atoms with Gasteiger partial charge in [0, 0.05) is 6.20 Å². The molecule has 0 N–H and O–H groups in total. The van der Waals surface area contributed by atoms with E-state index in [2.05, 4.69) is 11.1 Å². The molecule has 14 heavy (non-hydrogen) atoms. The summed E-state index contributed by atoms with van der Waals surface area (Å²) >= 11 is 0. The molecule has 0 radical (unpaired) electrons. The first-order chi connectivity index (χ1) is 6.86. The maximum Gasteiger partial charge on any atom is 0.131 e. The molecule has 0 saturated heterocycles. The first-order valence-corrected chi connectivity index (χ1v) is 4.18. The number of hydrogen-bond donors (Lipinski definition) is 0. The molecule has 68 valence electrons. The second-order valence-electron chi connectivity index (χ2n) is 2.82. The SMILES string of the molecule is COc1ccnc2cccc(C#N)c12. The molecule has 2 rings (SSSR count). The Morgan fingerprint density at radius 1 is 1.36 bits per heavy atom. The van der Waals surface area contributed by atoms with Crippen molar-refractivity contribution in [2.24, 2.45) is 0 Å². The first-order valence-electron chi connectivity index (χ1n) is 4.18. The van der Waals surface area contributed by atoms with Gasteiger partial charge in [-0.1, -0.05) is 6.07 Å². The second-order valence-corrected chi connectivity index (χ2v) is 2.82. The summed E-state index contributed by atoms with van der Waals surface area (Å²) in [5, 5.41) is 9.70. The molecule has 0 unspecified atom stereocenters. The molecule has 0 aliphatic carbocycles. The second kappa shape index (κ2) is 3.35. The van der Waals surface area contributed by atoms with Gasteiger partial charge < -0.3 is 4.74 Å². The van der Waals surface area contributed by atoms with E-state index in [-0.39, 0.29) is 0 Å². The third kappa shape index (κ3) is 1.17. The Balaban J connectivity index is 2.90. The summed E-state index contributed by atoms with van der Waals surface area (Å²) in [5.74, 6) is 0.687. The summed E-state index contributed by atoms with van der Waals surface area (Å²) in [7, 11) is 1.59. The number of methoxy groups -OCH3 is 1. The summed E-state index contributed by atoms with van der Waals surface area (Å²) in [4.78, 5) is 4.17. The van der Waals surface area contributed by atoms with Crippen LogP contribution in [0.25, 0.3) is 10.9 Å². The van der Waals surface area contributed by atoms with Crippen LogP contribution in [0.5, 0.6) is 5.75 Å². The van der Waals surface area contributed by atoms with E-state index in [1.807, 2.05) is 12.1 Å². The fourth-order valence-corrected chi connectivity index (χ4v) is 1.44. The molecule has 0 fully saturated rings. The maximum absolute atomic E-state index is 8.92. The number of benzene rings is 1. The van der Waals surface area contributed by atoms with Gasteiger partial charge in [0.1, 0.15) is 5.75 Å². The van der Waals surface area contributed by atoms with Crippen molar-refractivity contribution in [3.05, 3.63) is 36.0 Å². The molecule has 2 aromatic rings. The van der Waals surface area contributed by atoms with Crippen molar-refractivity contribution in [2.45, 2.75) is 0 Å². The van der Waals surface area contributed by atoms with Gasteiger partial charge in [0.15, 0.2) is 0 Å². The largest absolute Gasteiger partial charge is 0.496 e. The van der Waals surface area contributed by atoms with E-state index in [1.165, 1.54) is 0 Å². The number of nitriles is 1. The summed E-state index contributed by atoms with van der Waals surface area (Å²) in [5.41, 5.74) is 1.37. The minimum absolute atomic E-state index is 0.590. The summed E-state index contributed by atoms with van der Waals surface area (Å²) in [6.07, 6.45) is 1.67. The van der Waals surface area contributed by atoms with Crippen LogP contribution in [-0.4, -0.2) is 12.1 Å². The minimum atomic E-state index is 0.590. The van der Waals surface area contributed by atoms with Crippen LogP contribution >= 0.6 is 0 Å². The van der Waals surface area contributed by atoms with Crippen LogP contribution in [0.3, 0.4) is 0 Å². The van der Waals surface area contributed by atoms with Crippen molar-refractivity contribution < 1.29 is 4.74 Å². The fourth-order valence-electron chi connectivity index (χ4n) is 1.44. The van der Waals surface area contributed by atoms with Crippen molar-refractivity contribution in [3.8, 4) is 11.8 Å². The standard InChI is InChI=1S/C11H8N2O/c1-14-10-5-6-13-9-4-2-3-8(7-12)11(9)10/h2-6H,1H3. The van der Waals surface area contributed by atoms with Gasteiger partial charge in [0.25, 0.3) is 0 Å². The predicted molar refractivity (Wildman–Crippen MR) is 53.0 cm³/mol. The summed E-state index contributed by atoms with van der Waals surface area (Å²) in [6.45, 7) is 0. The van der Waals surface area contributed by atoms with Gasteiger partial charge >= 0.3 is 0 Å². The smallest absolute Gasteiger partial charge is 0.131 e. The molecule has 0 aliphatic rings. The van der Waals surface area contributed by atoms with Crippen LogP contribution in [-0.2, 0) is 0 Å². The molecule has 0 saturated carbocycles. The van der Waals surface area contributed by atoms with E-state index in [1.54, 1.807) is 25.4 Å². The van der Waals surface area contributed by atoms with Crippen LogP contribution in [0.4, 0.5) is 0 Å². The highest BCUT2D eigenvalue weighted by atomic mass is 16.5. The molecule has 0 amide bonds. The van der Waals surface area contributed by atoms with Crippen molar-refractivity contribution in [2.75, 3.05) is 7.11 Å². The van der Waals surface area contributed by atoms with E-state index in [0.717, 1.165) is 10.9 Å². The quantitative estimate of drug-likeness (QED) is 0.681. The number of hydrogen-bond acceptors (Lipinski definition) is 3. The highest BCUT2D eigenvalue weighted by molar-refractivity contribution is 5.90. The van der Waals surface area contributed by atoms with Crippen LogP contribution in [0.1, 0.15) is 5.56 Å². The molecule has 0 bridgehead atoms. The third-order valence-electron chi connectivity index (χ3n) is 2.07. The Bertz CT molecular complexity index is 509. The Labute approximate surface area is 81.6 Å². The first kappa shape index (κ1) is 8.52. The lowest BCUT2D eigenvalue weighted by atomic mass is 10.1. The lowest BCUT2D eigenvalue weighted by Gasteiger charge is -2.04. The predicted octanol–water partition coefficient (Wildman–Crippen LogP) is 2.12. The molecule has 1 aromatic heterocycles. The van der Waals surface area contributed by atoms with E-state index < -0.39 is 0 Å². The summed E-state index contributed by atoms with van der Waals surface area (Å²) in [6, 6.07) is 9.31. The zero-order valence-electron chi connectivity index (χ0n) is 7.69. The molecule has 0 atom stereocenters. The van der Waals surface area contributed by atoms with Gasteiger partial charge in [0.05, 0.1) is 29.6 Å². The molecular formula is C11H8N2O. The highest BCUT2D eigenvalue weighted by Crippen LogP contribution is 2.26. The van der Waals surface area contributed by atoms with Crippen LogP contribution < -0.4 is 4.74 Å². The number of rotatable bonds is 1. The average Bonchev–Trinajstić information content (AvgIpc) is 2.27. The fraction of sp³-hybridized carbons (Fsp3) is 0.0909. The van der Waals surface area contributed by atoms with Crippen molar-refractivity contribution in [1.82, 2.24) is 4.98 Å². The Morgan fingerprint density at radius 2 is 2.21 bits per heavy atom. The molecular weight excluding hydrogens is 176 g/mol. The minimum Gasteiger partial charge on any atom is -0.496 e. The number of fused-ring (bicyclic) bond motifs is 1. The lowest BCUT2D eigenvalue weighted by Crippen LogP contribution is -1.89. The van der Waals surface area contributed by atoms with E-state index >= 15 is 0 Å². The maximum atomic E-state index is 8.92. The van der Waals surface area contributed by atoms with E-state index in [0.29, 0.717) is 11.3 Å². The number of pyridine rings is 1. The van der Waals surface area contributed by atoms with Gasteiger partial charge in [-0.15, -0.1) is 0 Å². The molecule has 3 nitrogen and oxygen atoms in total. The zero-order valence-corrected chi connectivity index (χ0v) is 7.69. The normalized spacial score (nSPS) is 9.71. The van der Waals surface area contributed by atoms with Crippen molar-refractivity contribution in [1.29, 1.82) is 5.26 Å². The van der Waals surface area contributed by atoms with Gasteiger partial charge in [-0.25, -0.2) is 0 Å². The van der Waals surface area contributed by atoms with Crippen LogP contribution in [0, 0.1) is 11.3 Å². The van der Waals surface area contributed by atoms with Gasteiger partial charge in [-0.05, 0) is 18.2 Å². The molecule has 1 aromatic carbocycles. The van der Waals surface area contributed by atoms with Gasteiger partial charge in [-0.3, -0.25) is 4.98 Å². The monoisotopic (exact) mass is 184 g/mol. The molecule has 1 heterocycles. The van der Waals surface area contributed by atoms with Crippen LogP contribution in [0.2, 0.25) is 0 Å². The van der Waals surface area contributed by atoms with Gasteiger partial charge in [0.2, 0.25) is 0 Å². The molecule has 3 heteroatoms. The Hall–Kier alpha value is -2.08.